The van der Waals surface area contributed by atoms with Gasteiger partial charge in [-0.2, -0.15) is 0 Å². The standard InChI is InChI=1S/C10H11ClF2N2O2/c1-2-17-7(16)3-5-8(10(12)13)6(14)4-15-9(5)11/h4,10H,2-3,14H2,1H3. The molecule has 17 heavy (non-hydrogen) atoms. The maximum atomic E-state index is 12.8. The van der Waals surface area contributed by atoms with Gasteiger partial charge < -0.3 is 10.5 Å². The Balaban J connectivity index is 3.12. The van der Waals surface area contributed by atoms with Crippen LogP contribution in [-0.2, 0) is 16.0 Å². The third kappa shape index (κ3) is 3.26. The number of hydrogen-bond acceptors (Lipinski definition) is 4. The number of nitrogens with two attached hydrogens (primary N) is 1. The van der Waals surface area contributed by atoms with Crippen molar-refractivity contribution in [2.75, 3.05) is 12.3 Å². The van der Waals surface area contributed by atoms with Gasteiger partial charge in [0.05, 0.1) is 24.9 Å². The number of pyridine rings is 1. The molecule has 1 aromatic rings. The number of nitrogen functional groups attached to an aromatic ring is 1. The van der Waals surface area contributed by atoms with E-state index >= 15 is 0 Å². The molecule has 0 unspecified atom stereocenters. The van der Waals surface area contributed by atoms with Crippen molar-refractivity contribution in [1.82, 2.24) is 4.98 Å². The molecule has 0 fully saturated rings. The van der Waals surface area contributed by atoms with Crippen LogP contribution in [0.25, 0.3) is 0 Å². The number of halogens is 3. The number of nitrogens with zero attached hydrogens (tertiary/aromatic N) is 1. The smallest absolute Gasteiger partial charge is 0.310 e. The van der Waals surface area contributed by atoms with Crippen LogP contribution >= 0.6 is 11.6 Å². The van der Waals surface area contributed by atoms with Crippen LogP contribution in [0.1, 0.15) is 24.5 Å². The molecule has 1 aromatic heterocycles. The van der Waals surface area contributed by atoms with Crippen LogP contribution in [0.2, 0.25) is 5.15 Å². The molecule has 1 rings (SSSR count). The predicted molar refractivity (Wildman–Crippen MR) is 59.0 cm³/mol. The zero-order valence-electron chi connectivity index (χ0n) is 9.04. The van der Waals surface area contributed by atoms with Crippen molar-refractivity contribution in [3.63, 3.8) is 0 Å². The van der Waals surface area contributed by atoms with E-state index in [1.165, 1.54) is 0 Å². The van der Waals surface area contributed by atoms with Crippen molar-refractivity contribution in [1.29, 1.82) is 0 Å². The van der Waals surface area contributed by atoms with Gasteiger partial charge in [-0.3, -0.25) is 4.79 Å². The summed E-state index contributed by atoms with van der Waals surface area (Å²) in [7, 11) is 0. The largest absolute Gasteiger partial charge is 0.466 e. The van der Waals surface area contributed by atoms with Gasteiger partial charge in [0.25, 0.3) is 6.43 Å². The van der Waals surface area contributed by atoms with Gasteiger partial charge >= 0.3 is 5.97 Å². The van der Waals surface area contributed by atoms with Gasteiger partial charge in [-0.25, -0.2) is 13.8 Å². The molecule has 0 aromatic carbocycles. The molecule has 0 aliphatic carbocycles. The number of hydrogen-bond donors (Lipinski definition) is 1. The monoisotopic (exact) mass is 264 g/mol. The minimum Gasteiger partial charge on any atom is -0.466 e. The molecule has 0 saturated heterocycles. The summed E-state index contributed by atoms with van der Waals surface area (Å²) in [5.74, 6) is -0.649. The highest BCUT2D eigenvalue weighted by Gasteiger charge is 2.22. The Hall–Kier alpha value is -1.43. The number of carbonyl (C=O) groups excluding carboxylic acids is 1. The highest BCUT2D eigenvalue weighted by Crippen LogP contribution is 2.32. The van der Waals surface area contributed by atoms with Crippen molar-refractivity contribution in [3.05, 3.63) is 22.5 Å². The van der Waals surface area contributed by atoms with Gasteiger partial charge in [-0.1, -0.05) is 11.6 Å². The van der Waals surface area contributed by atoms with Crippen molar-refractivity contribution in [2.45, 2.75) is 19.8 Å². The average Bonchev–Trinajstić information content (AvgIpc) is 2.23. The Morgan fingerprint density at radius 2 is 2.29 bits per heavy atom. The highest BCUT2D eigenvalue weighted by atomic mass is 35.5. The second-order valence-electron chi connectivity index (χ2n) is 3.18. The van der Waals surface area contributed by atoms with E-state index in [2.05, 4.69) is 9.72 Å². The van der Waals surface area contributed by atoms with Crippen LogP contribution in [0, 0.1) is 0 Å². The second-order valence-corrected chi connectivity index (χ2v) is 3.54. The molecular weight excluding hydrogens is 254 g/mol. The molecule has 0 bridgehead atoms. The quantitative estimate of drug-likeness (QED) is 0.670. The lowest BCUT2D eigenvalue weighted by Gasteiger charge is -2.12. The van der Waals surface area contributed by atoms with E-state index in [0.29, 0.717) is 0 Å². The molecule has 0 saturated carbocycles. The Bertz CT molecular complexity index is 427. The Morgan fingerprint density at radius 3 is 2.82 bits per heavy atom. The average molecular weight is 265 g/mol. The van der Waals surface area contributed by atoms with E-state index in [1.54, 1.807) is 6.92 Å². The number of alkyl halides is 2. The molecule has 0 radical (unpaired) electrons. The van der Waals surface area contributed by atoms with Crippen molar-refractivity contribution in [3.8, 4) is 0 Å². The van der Waals surface area contributed by atoms with Gasteiger partial charge in [0, 0.05) is 11.1 Å². The van der Waals surface area contributed by atoms with Gasteiger partial charge in [0.2, 0.25) is 0 Å². The first-order chi connectivity index (χ1) is 7.97. The molecular formula is C10H11ClF2N2O2. The maximum Gasteiger partial charge on any atom is 0.310 e. The summed E-state index contributed by atoms with van der Waals surface area (Å²) in [4.78, 5) is 14.9. The molecule has 0 amide bonds. The lowest BCUT2D eigenvalue weighted by atomic mass is 10.1. The summed E-state index contributed by atoms with van der Waals surface area (Å²) in [6.07, 6.45) is -2.15. The number of anilines is 1. The molecule has 2 N–H and O–H groups in total. The van der Waals surface area contributed by atoms with Crippen molar-refractivity contribution < 1.29 is 18.3 Å². The summed E-state index contributed by atoms with van der Waals surface area (Å²) in [6, 6.07) is 0. The van der Waals surface area contributed by atoms with Gasteiger partial charge in [0.1, 0.15) is 5.15 Å². The molecule has 0 aliphatic heterocycles. The van der Waals surface area contributed by atoms with Crippen molar-refractivity contribution in [2.24, 2.45) is 0 Å². The van der Waals surface area contributed by atoms with E-state index in [4.69, 9.17) is 17.3 Å². The normalized spacial score (nSPS) is 10.6. The Labute approximate surface area is 102 Å². The second kappa shape index (κ2) is 5.77. The number of esters is 1. The molecule has 1 heterocycles. The molecule has 4 nitrogen and oxygen atoms in total. The fourth-order valence-electron chi connectivity index (χ4n) is 1.34. The molecule has 94 valence electrons. The highest BCUT2D eigenvalue weighted by molar-refractivity contribution is 6.30. The molecule has 0 aliphatic rings. The number of ether oxygens (including phenoxy) is 1. The van der Waals surface area contributed by atoms with E-state index in [1.807, 2.05) is 0 Å². The lowest BCUT2D eigenvalue weighted by Crippen LogP contribution is -2.12. The fourth-order valence-corrected chi connectivity index (χ4v) is 1.56. The molecule has 7 heteroatoms. The van der Waals surface area contributed by atoms with Crippen molar-refractivity contribution >= 4 is 23.3 Å². The number of carbonyl (C=O) groups is 1. The summed E-state index contributed by atoms with van der Waals surface area (Å²) in [5, 5.41) is -0.164. The third-order valence-corrected chi connectivity index (χ3v) is 2.37. The summed E-state index contributed by atoms with van der Waals surface area (Å²) in [6.45, 7) is 1.78. The molecule has 0 spiro atoms. The zero-order valence-corrected chi connectivity index (χ0v) is 9.80. The van der Waals surface area contributed by atoms with E-state index in [9.17, 15) is 13.6 Å². The third-order valence-electron chi connectivity index (χ3n) is 2.05. The van der Waals surface area contributed by atoms with E-state index in [0.717, 1.165) is 6.20 Å². The van der Waals surface area contributed by atoms with Crippen LogP contribution in [0.4, 0.5) is 14.5 Å². The summed E-state index contributed by atoms with van der Waals surface area (Å²) >= 11 is 5.68. The maximum absolute atomic E-state index is 12.8. The first kappa shape index (κ1) is 13.6. The number of rotatable bonds is 4. The number of aromatic nitrogens is 1. The predicted octanol–water partition coefficient (Wildman–Crippen LogP) is 2.36. The summed E-state index contributed by atoms with van der Waals surface area (Å²) < 4.78 is 30.2. The molecule has 0 atom stereocenters. The minimum atomic E-state index is -2.82. The first-order valence-electron chi connectivity index (χ1n) is 4.83. The first-order valence-corrected chi connectivity index (χ1v) is 5.21. The van der Waals surface area contributed by atoms with E-state index < -0.39 is 18.0 Å². The van der Waals surface area contributed by atoms with Crippen LogP contribution < -0.4 is 5.73 Å². The Kier molecular flexibility index (Phi) is 4.62. The Morgan fingerprint density at radius 1 is 1.65 bits per heavy atom. The zero-order chi connectivity index (χ0) is 13.0. The lowest BCUT2D eigenvalue weighted by molar-refractivity contribution is -0.142. The van der Waals surface area contributed by atoms with Gasteiger partial charge in [0.15, 0.2) is 0 Å². The van der Waals surface area contributed by atoms with Gasteiger partial charge in [-0.05, 0) is 6.92 Å². The topological polar surface area (TPSA) is 65.2 Å². The minimum absolute atomic E-state index is 0.0832. The van der Waals surface area contributed by atoms with E-state index in [-0.39, 0.29) is 29.4 Å². The SMILES string of the molecule is CCOC(=O)Cc1c(Cl)ncc(N)c1C(F)F. The van der Waals surface area contributed by atoms with Gasteiger partial charge in [-0.15, -0.1) is 0 Å². The van der Waals surface area contributed by atoms with Crippen LogP contribution in [0.15, 0.2) is 6.20 Å². The van der Waals surface area contributed by atoms with Crippen LogP contribution in [-0.4, -0.2) is 17.6 Å². The fraction of sp³-hybridized carbons (Fsp3) is 0.400. The van der Waals surface area contributed by atoms with Crippen LogP contribution in [0.3, 0.4) is 0 Å². The summed E-state index contributed by atoms with van der Waals surface area (Å²) in [5.41, 5.74) is 4.65. The van der Waals surface area contributed by atoms with Crippen LogP contribution in [0.5, 0.6) is 0 Å².